The van der Waals surface area contributed by atoms with Gasteiger partial charge in [0.15, 0.2) is 5.96 Å². The number of fused-ring (bicyclic) bond motifs is 1. The third-order valence-corrected chi connectivity index (χ3v) is 5.70. The first kappa shape index (κ1) is 24.0. The number of aromatic nitrogens is 1. The smallest absolute Gasteiger partial charge is 0.191 e. The van der Waals surface area contributed by atoms with Crippen molar-refractivity contribution in [2.45, 2.75) is 33.2 Å². The van der Waals surface area contributed by atoms with E-state index in [0.29, 0.717) is 6.04 Å². The first-order valence-corrected chi connectivity index (χ1v) is 10.7. The molecule has 3 rings (SSSR count). The van der Waals surface area contributed by atoms with Crippen LogP contribution in [0.5, 0.6) is 0 Å². The van der Waals surface area contributed by atoms with Crippen LogP contribution in [0, 0.1) is 0 Å². The summed E-state index contributed by atoms with van der Waals surface area (Å²) in [4.78, 5) is 13.3. The van der Waals surface area contributed by atoms with Crippen molar-refractivity contribution < 1.29 is 0 Å². The van der Waals surface area contributed by atoms with Crippen LogP contribution in [0.1, 0.15) is 26.3 Å². The SMILES string of the molecule is CCNC(=NCC(C)N1CCN(CC)CC1)NCCc1c[nH]c2ccccc12.I. The molecule has 1 aliphatic heterocycles. The summed E-state index contributed by atoms with van der Waals surface area (Å²) in [5.74, 6) is 0.918. The lowest BCUT2D eigenvalue weighted by atomic mass is 10.1. The van der Waals surface area contributed by atoms with E-state index in [1.807, 2.05) is 0 Å². The van der Waals surface area contributed by atoms with Crippen LogP contribution in [-0.4, -0.2) is 79.1 Å². The highest BCUT2D eigenvalue weighted by molar-refractivity contribution is 14.0. The minimum atomic E-state index is 0. The van der Waals surface area contributed by atoms with Crippen molar-refractivity contribution in [2.24, 2.45) is 4.99 Å². The molecule has 1 saturated heterocycles. The minimum absolute atomic E-state index is 0. The normalized spacial score (nSPS) is 17.1. The first-order chi connectivity index (χ1) is 13.7. The molecule has 162 valence electrons. The summed E-state index contributed by atoms with van der Waals surface area (Å²) < 4.78 is 0. The quantitative estimate of drug-likeness (QED) is 0.289. The van der Waals surface area contributed by atoms with Gasteiger partial charge in [-0.05, 0) is 38.4 Å². The van der Waals surface area contributed by atoms with Crippen molar-refractivity contribution in [2.75, 3.05) is 52.4 Å². The van der Waals surface area contributed by atoms with Gasteiger partial charge in [0, 0.05) is 62.4 Å². The minimum Gasteiger partial charge on any atom is -0.361 e. The number of aromatic amines is 1. The van der Waals surface area contributed by atoms with E-state index in [4.69, 9.17) is 4.99 Å². The number of nitrogens with one attached hydrogen (secondary N) is 3. The van der Waals surface area contributed by atoms with Crippen LogP contribution in [0.4, 0.5) is 0 Å². The summed E-state index contributed by atoms with van der Waals surface area (Å²) in [6.07, 6.45) is 3.09. The Hall–Kier alpha value is -1.32. The predicted octanol–water partition coefficient (Wildman–Crippen LogP) is 2.91. The first-order valence-electron chi connectivity index (χ1n) is 10.7. The molecule has 0 amide bonds. The molecule has 2 heterocycles. The fourth-order valence-corrected chi connectivity index (χ4v) is 3.85. The zero-order valence-corrected chi connectivity index (χ0v) is 20.4. The Morgan fingerprint density at radius 1 is 1.14 bits per heavy atom. The van der Waals surface area contributed by atoms with Crippen LogP contribution in [0.25, 0.3) is 10.9 Å². The molecule has 1 fully saturated rings. The van der Waals surface area contributed by atoms with Crippen molar-refractivity contribution >= 4 is 40.8 Å². The van der Waals surface area contributed by atoms with E-state index in [2.05, 4.69) is 76.7 Å². The zero-order valence-electron chi connectivity index (χ0n) is 18.1. The molecule has 0 radical (unpaired) electrons. The third-order valence-electron chi connectivity index (χ3n) is 5.70. The molecule has 1 aromatic heterocycles. The maximum atomic E-state index is 4.84. The number of likely N-dealkylation sites (N-methyl/N-ethyl adjacent to an activating group) is 1. The number of benzene rings is 1. The van der Waals surface area contributed by atoms with E-state index in [1.54, 1.807) is 0 Å². The number of hydrogen-bond acceptors (Lipinski definition) is 3. The van der Waals surface area contributed by atoms with Crippen molar-refractivity contribution in [3.05, 3.63) is 36.0 Å². The van der Waals surface area contributed by atoms with Crippen molar-refractivity contribution in [3.8, 4) is 0 Å². The Bertz CT molecular complexity index is 751. The summed E-state index contributed by atoms with van der Waals surface area (Å²) in [6.45, 7) is 15.0. The lowest BCUT2D eigenvalue weighted by Crippen LogP contribution is -2.50. The van der Waals surface area contributed by atoms with Crippen LogP contribution in [-0.2, 0) is 6.42 Å². The number of halogens is 1. The summed E-state index contributed by atoms with van der Waals surface area (Å²) in [7, 11) is 0. The van der Waals surface area contributed by atoms with E-state index in [-0.39, 0.29) is 24.0 Å². The standard InChI is InChI=1S/C22H36N6.HI/c1-4-23-22(26-16-18(3)28-14-12-27(5-2)13-15-28)24-11-10-19-17-25-21-9-7-6-8-20(19)21;/h6-9,17-18,25H,4-5,10-16H2,1-3H3,(H2,23,24,26);1H. The number of aliphatic imine (C=N–C) groups is 1. The van der Waals surface area contributed by atoms with E-state index in [1.165, 1.54) is 29.6 Å². The number of rotatable bonds is 8. The second kappa shape index (κ2) is 12.4. The van der Waals surface area contributed by atoms with Gasteiger partial charge in [-0.1, -0.05) is 25.1 Å². The molecule has 1 atom stereocenters. The highest BCUT2D eigenvalue weighted by atomic mass is 127. The number of piperazine rings is 1. The fraction of sp³-hybridized carbons (Fsp3) is 0.591. The van der Waals surface area contributed by atoms with Gasteiger partial charge in [0.05, 0.1) is 6.54 Å². The number of para-hydroxylation sites is 1. The van der Waals surface area contributed by atoms with E-state index in [0.717, 1.165) is 51.6 Å². The third kappa shape index (κ3) is 6.86. The summed E-state index contributed by atoms with van der Waals surface area (Å²) in [5.41, 5.74) is 2.55. The largest absolute Gasteiger partial charge is 0.361 e. The van der Waals surface area contributed by atoms with E-state index in [9.17, 15) is 0 Å². The number of H-pyrrole nitrogens is 1. The van der Waals surface area contributed by atoms with Gasteiger partial charge in [-0.15, -0.1) is 24.0 Å². The Morgan fingerprint density at radius 2 is 1.90 bits per heavy atom. The van der Waals surface area contributed by atoms with Gasteiger partial charge in [-0.2, -0.15) is 0 Å². The Labute approximate surface area is 192 Å². The van der Waals surface area contributed by atoms with Gasteiger partial charge in [0.2, 0.25) is 0 Å². The molecule has 0 aliphatic carbocycles. The Kier molecular flexibility index (Phi) is 10.2. The highest BCUT2D eigenvalue weighted by Crippen LogP contribution is 2.17. The summed E-state index contributed by atoms with van der Waals surface area (Å²) in [5, 5.41) is 8.19. The van der Waals surface area contributed by atoms with Gasteiger partial charge < -0.3 is 20.5 Å². The van der Waals surface area contributed by atoms with Crippen molar-refractivity contribution in [1.82, 2.24) is 25.4 Å². The van der Waals surface area contributed by atoms with Crippen LogP contribution >= 0.6 is 24.0 Å². The van der Waals surface area contributed by atoms with Crippen LogP contribution in [0.3, 0.4) is 0 Å². The van der Waals surface area contributed by atoms with E-state index < -0.39 is 0 Å². The van der Waals surface area contributed by atoms with Crippen LogP contribution < -0.4 is 10.6 Å². The second-order valence-electron chi connectivity index (χ2n) is 7.58. The molecule has 2 aromatic rings. The molecular formula is C22H37IN6. The van der Waals surface area contributed by atoms with Gasteiger partial charge in [0.1, 0.15) is 0 Å². The number of nitrogens with zero attached hydrogens (tertiary/aromatic N) is 3. The molecular weight excluding hydrogens is 475 g/mol. The van der Waals surface area contributed by atoms with Crippen molar-refractivity contribution in [1.29, 1.82) is 0 Å². The maximum Gasteiger partial charge on any atom is 0.191 e. The molecule has 29 heavy (non-hydrogen) atoms. The average Bonchev–Trinajstić information content (AvgIpc) is 3.15. The molecule has 3 N–H and O–H groups in total. The monoisotopic (exact) mass is 512 g/mol. The highest BCUT2D eigenvalue weighted by Gasteiger charge is 2.19. The molecule has 6 nitrogen and oxygen atoms in total. The molecule has 0 spiro atoms. The molecule has 1 aliphatic rings. The zero-order chi connectivity index (χ0) is 19.8. The van der Waals surface area contributed by atoms with Gasteiger partial charge in [-0.25, -0.2) is 0 Å². The lowest BCUT2D eigenvalue weighted by molar-refractivity contribution is 0.109. The van der Waals surface area contributed by atoms with Crippen molar-refractivity contribution in [3.63, 3.8) is 0 Å². The number of hydrogen-bond donors (Lipinski definition) is 3. The Morgan fingerprint density at radius 3 is 2.62 bits per heavy atom. The maximum absolute atomic E-state index is 4.84. The average molecular weight is 512 g/mol. The van der Waals surface area contributed by atoms with E-state index >= 15 is 0 Å². The predicted molar refractivity (Wildman–Crippen MR) is 135 cm³/mol. The molecule has 7 heteroatoms. The number of guanidine groups is 1. The van der Waals surface area contributed by atoms with Crippen LogP contribution in [0.15, 0.2) is 35.5 Å². The van der Waals surface area contributed by atoms with Gasteiger partial charge in [-0.3, -0.25) is 9.89 Å². The van der Waals surface area contributed by atoms with Gasteiger partial charge >= 0.3 is 0 Å². The molecule has 1 unspecified atom stereocenters. The topological polar surface area (TPSA) is 58.7 Å². The van der Waals surface area contributed by atoms with Crippen LogP contribution in [0.2, 0.25) is 0 Å². The molecule has 0 saturated carbocycles. The second-order valence-corrected chi connectivity index (χ2v) is 7.58. The summed E-state index contributed by atoms with van der Waals surface area (Å²) >= 11 is 0. The lowest BCUT2D eigenvalue weighted by Gasteiger charge is -2.37. The Balaban J connectivity index is 0.00000300. The summed E-state index contributed by atoms with van der Waals surface area (Å²) in [6, 6.07) is 8.95. The van der Waals surface area contributed by atoms with Gasteiger partial charge in [0.25, 0.3) is 0 Å². The molecule has 1 aromatic carbocycles. The fourth-order valence-electron chi connectivity index (χ4n) is 3.85. The molecule has 0 bridgehead atoms.